The molecule has 0 spiro atoms. The first kappa shape index (κ1) is 25.2. The van der Waals surface area contributed by atoms with Gasteiger partial charge >= 0.3 is 0 Å². The number of hydrogen-bond donors (Lipinski definition) is 1. The van der Waals surface area contributed by atoms with Crippen LogP contribution in [-0.2, 0) is 21.4 Å². The highest BCUT2D eigenvalue weighted by Crippen LogP contribution is 2.24. The van der Waals surface area contributed by atoms with Crippen molar-refractivity contribution in [3.63, 3.8) is 0 Å². The van der Waals surface area contributed by atoms with Gasteiger partial charge in [-0.1, -0.05) is 30.7 Å². The van der Waals surface area contributed by atoms with Crippen LogP contribution in [0.4, 0.5) is 0 Å². The second-order valence-electron chi connectivity index (χ2n) is 8.36. The van der Waals surface area contributed by atoms with E-state index in [0.29, 0.717) is 42.7 Å². The van der Waals surface area contributed by atoms with Crippen LogP contribution in [0.2, 0.25) is 5.02 Å². The Morgan fingerprint density at radius 3 is 2.39 bits per heavy atom. The maximum absolute atomic E-state index is 12.9. The van der Waals surface area contributed by atoms with E-state index in [1.54, 1.807) is 19.1 Å². The number of nitrogens with zero attached hydrogens (tertiary/aromatic N) is 2. The molecule has 0 bridgehead atoms. The highest BCUT2D eigenvalue weighted by molar-refractivity contribution is 7.89. The number of amides is 2. The highest BCUT2D eigenvalue weighted by Gasteiger charge is 2.29. The van der Waals surface area contributed by atoms with Crippen molar-refractivity contribution in [1.29, 1.82) is 0 Å². The Kier molecular flexibility index (Phi) is 8.51. The number of sulfonamides is 1. The Morgan fingerprint density at radius 1 is 1.12 bits per heavy atom. The molecule has 178 valence electrons. The summed E-state index contributed by atoms with van der Waals surface area (Å²) in [6.07, 6.45) is 1.88. The van der Waals surface area contributed by atoms with Gasteiger partial charge in [0.1, 0.15) is 0 Å². The van der Waals surface area contributed by atoms with Crippen LogP contribution in [0.25, 0.3) is 0 Å². The van der Waals surface area contributed by atoms with E-state index in [0.717, 1.165) is 18.4 Å². The maximum atomic E-state index is 12.9. The van der Waals surface area contributed by atoms with Gasteiger partial charge in [0.15, 0.2) is 0 Å². The van der Waals surface area contributed by atoms with Gasteiger partial charge in [-0.3, -0.25) is 9.59 Å². The normalized spacial score (nSPS) is 16.9. The molecule has 1 aliphatic rings. The first-order chi connectivity index (χ1) is 15.7. The Hall–Kier alpha value is -2.42. The van der Waals surface area contributed by atoms with Gasteiger partial charge in [-0.25, -0.2) is 8.42 Å². The van der Waals surface area contributed by atoms with E-state index in [4.69, 9.17) is 11.6 Å². The second kappa shape index (κ2) is 11.1. The average Bonchev–Trinajstić information content (AvgIpc) is 2.82. The highest BCUT2D eigenvalue weighted by atomic mass is 35.5. The summed E-state index contributed by atoms with van der Waals surface area (Å²) in [6.45, 7) is 5.46. The van der Waals surface area contributed by atoms with E-state index < -0.39 is 10.0 Å². The molecular weight excluding hydrogens is 462 g/mol. The zero-order valence-corrected chi connectivity index (χ0v) is 20.5. The lowest BCUT2D eigenvalue weighted by atomic mass is 10.0. The number of carbonyl (C=O) groups excluding carboxylic acids is 2. The van der Waals surface area contributed by atoms with Crippen molar-refractivity contribution in [3.05, 3.63) is 64.7 Å². The van der Waals surface area contributed by atoms with E-state index in [-0.39, 0.29) is 23.3 Å². The molecule has 1 heterocycles. The number of piperidine rings is 1. The first-order valence-corrected chi connectivity index (χ1v) is 12.9. The maximum Gasteiger partial charge on any atom is 0.254 e. The SMILES string of the molecule is CCN(CC(=O)NCc1ccc(Cl)cc1)C(=O)c1ccc(S(=O)(=O)N2CCCC(C)C2)cc1. The van der Waals surface area contributed by atoms with E-state index in [9.17, 15) is 18.0 Å². The lowest BCUT2D eigenvalue weighted by Gasteiger charge is -2.30. The third-order valence-corrected chi connectivity index (χ3v) is 7.90. The molecular formula is C24H30ClN3O4S. The van der Waals surface area contributed by atoms with Crippen LogP contribution >= 0.6 is 11.6 Å². The lowest BCUT2D eigenvalue weighted by Crippen LogP contribution is -2.40. The number of carbonyl (C=O) groups is 2. The number of likely N-dealkylation sites (N-methyl/N-ethyl adjacent to an activating group) is 1. The van der Waals surface area contributed by atoms with Gasteiger partial charge < -0.3 is 10.2 Å². The van der Waals surface area contributed by atoms with Crippen molar-refractivity contribution >= 4 is 33.4 Å². The molecule has 1 unspecified atom stereocenters. The topological polar surface area (TPSA) is 86.8 Å². The minimum atomic E-state index is -3.58. The van der Waals surface area contributed by atoms with E-state index in [2.05, 4.69) is 5.32 Å². The van der Waals surface area contributed by atoms with Gasteiger partial charge in [-0.15, -0.1) is 0 Å². The first-order valence-electron chi connectivity index (χ1n) is 11.1. The second-order valence-corrected chi connectivity index (χ2v) is 10.7. The largest absolute Gasteiger partial charge is 0.350 e. The molecule has 1 fully saturated rings. The van der Waals surface area contributed by atoms with Crippen LogP contribution in [0, 0.1) is 5.92 Å². The fourth-order valence-corrected chi connectivity index (χ4v) is 5.55. The minimum Gasteiger partial charge on any atom is -0.350 e. The molecule has 9 heteroatoms. The predicted molar refractivity (Wildman–Crippen MR) is 128 cm³/mol. The molecule has 0 saturated carbocycles. The van der Waals surface area contributed by atoms with Crippen molar-refractivity contribution in [1.82, 2.24) is 14.5 Å². The lowest BCUT2D eigenvalue weighted by molar-refractivity contribution is -0.121. The Morgan fingerprint density at radius 2 is 1.79 bits per heavy atom. The van der Waals surface area contributed by atoms with Gasteiger partial charge in [0.25, 0.3) is 5.91 Å². The molecule has 7 nitrogen and oxygen atoms in total. The van der Waals surface area contributed by atoms with Crippen molar-refractivity contribution in [3.8, 4) is 0 Å². The molecule has 2 aromatic carbocycles. The van der Waals surface area contributed by atoms with Crippen LogP contribution in [0.15, 0.2) is 53.4 Å². The van der Waals surface area contributed by atoms with E-state index >= 15 is 0 Å². The molecule has 1 N–H and O–H groups in total. The zero-order valence-electron chi connectivity index (χ0n) is 19.0. The van der Waals surface area contributed by atoms with Crippen LogP contribution < -0.4 is 5.32 Å². The molecule has 1 saturated heterocycles. The van der Waals surface area contributed by atoms with Crippen LogP contribution in [0.1, 0.15) is 42.6 Å². The van der Waals surface area contributed by atoms with Crippen molar-refractivity contribution < 1.29 is 18.0 Å². The molecule has 1 atom stereocenters. The summed E-state index contributed by atoms with van der Waals surface area (Å²) >= 11 is 5.87. The number of nitrogens with one attached hydrogen (secondary N) is 1. The minimum absolute atomic E-state index is 0.0887. The monoisotopic (exact) mass is 491 g/mol. The molecule has 33 heavy (non-hydrogen) atoms. The molecule has 1 aliphatic heterocycles. The molecule has 3 rings (SSSR count). The summed E-state index contributed by atoms with van der Waals surface area (Å²) in [5.41, 5.74) is 1.25. The number of rotatable bonds is 8. The van der Waals surface area contributed by atoms with Crippen molar-refractivity contribution in [2.45, 2.75) is 38.1 Å². The van der Waals surface area contributed by atoms with Gasteiger partial charge in [0.05, 0.1) is 11.4 Å². The number of hydrogen-bond acceptors (Lipinski definition) is 4. The van der Waals surface area contributed by atoms with Gasteiger partial charge in [0.2, 0.25) is 15.9 Å². The van der Waals surface area contributed by atoms with Crippen molar-refractivity contribution in [2.24, 2.45) is 5.92 Å². The third-order valence-electron chi connectivity index (χ3n) is 5.77. The molecule has 0 aliphatic carbocycles. The summed E-state index contributed by atoms with van der Waals surface area (Å²) in [6, 6.07) is 13.1. The van der Waals surface area contributed by atoms with Gasteiger partial charge in [-0.2, -0.15) is 4.31 Å². The smallest absolute Gasteiger partial charge is 0.254 e. The Labute approximate surface area is 200 Å². The standard InChI is InChI=1S/C24H30ClN3O4S/c1-3-27(17-23(29)26-15-19-6-10-21(25)11-7-19)24(30)20-8-12-22(13-9-20)33(31,32)28-14-4-5-18(2)16-28/h6-13,18H,3-5,14-17H2,1-2H3,(H,26,29). The summed E-state index contributed by atoms with van der Waals surface area (Å²) in [4.78, 5) is 26.9. The van der Waals surface area contributed by atoms with E-state index in [1.807, 2.05) is 19.1 Å². The number of halogens is 1. The quantitative estimate of drug-likeness (QED) is 0.612. The van der Waals surface area contributed by atoms with Crippen LogP contribution in [-0.4, -0.2) is 55.6 Å². The van der Waals surface area contributed by atoms with Gasteiger partial charge in [0, 0.05) is 36.8 Å². The van der Waals surface area contributed by atoms with Gasteiger partial charge in [-0.05, 0) is 67.6 Å². The summed E-state index contributed by atoms with van der Waals surface area (Å²) in [5, 5.41) is 3.42. The van der Waals surface area contributed by atoms with Crippen LogP contribution in [0.3, 0.4) is 0 Å². The van der Waals surface area contributed by atoms with Crippen molar-refractivity contribution in [2.75, 3.05) is 26.2 Å². The summed E-state index contributed by atoms with van der Waals surface area (Å²) < 4.78 is 27.4. The average molecular weight is 492 g/mol. The predicted octanol–water partition coefficient (Wildman–Crippen LogP) is 3.54. The summed E-state index contributed by atoms with van der Waals surface area (Å²) in [5.74, 6) is -0.272. The molecule has 0 aromatic heterocycles. The fraction of sp³-hybridized carbons (Fsp3) is 0.417. The molecule has 2 amide bonds. The third kappa shape index (κ3) is 6.56. The molecule has 2 aromatic rings. The Balaban J connectivity index is 1.61. The summed E-state index contributed by atoms with van der Waals surface area (Å²) in [7, 11) is -3.58. The Bertz CT molecular complexity index is 1070. The zero-order chi connectivity index (χ0) is 24.0. The number of benzene rings is 2. The van der Waals surface area contributed by atoms with E-state index in [1.165, 1.54) is 33.5 Å². The fourth-order valence-electron chi connectivity index (χ4n) is 3.83. The molecule has 0 radical (unpaired) electrons. The van der Waals surface area contributed by atoms with Crippen LogP contribution in [0.5, 0.6) is 0 Å².